The number of amides is 2. The molecule has 1 aromatic heterocycles. The van der Waals surface area contributed by atoms with Crippen LogP contribution < -0.4 is 19.7 Å². The molecule has 3 aromatic rings. The van der Waals surface area contributed by atoms with Crippen molar-refractivity contribution in [2.45, 2.75) is 12.5 Å². The molecule has 2 heterocycles. The summed E-state index contributed by atoms with van der Waals surface area (Å²) in [5, 5.41) is 6.84. The van der Waals surface area contributed by atoms with Crippen LogP contribution in [0.3, 0.4) is 0 Å². The molecule has 154 valence electrons. The highest BCUT2D eigenvalue weighted by molar-refractivity contribution is 6.00. The maximum Gasteiger partial charge on any atom is 0.342 e. The minimum atomic E-state index is -0.845. The summed E-state index contributed by atoms with van der Waals surface area (Å²) in [4.78, 5) is 27.0. The van der Waals surface area contributed by atoms with Gasteiger partial charge in [-0.3, -0.25) is 4.79 Å². The van der Waals surface area contributed by atoms with E-state index >= 15 is 0 Å². The van der Waals surface area contributed by atoms with Gasteiger partial charge in [0.2, 0.25) is 0 Å². The predicted molar refractivity (Wildman–Crippen MR) is 111 cm³/mol. The van der Waals surface area contributed by atoms with Crippen LogP contribution in [0.25, 0.3) is 0 Å². The van der Waals surface area contributed by atoms with E-state index in [1.54, 1.807) is 44.8 Å². The third-order valence-corrected chi connectivity index (χ3v) is 4.95. The zero-order chi connectivity index (χ0) is 21.1. The van der Waals surface area contributed by atoms with Gasteiger partial charge in [-0.2, -0.15) is 9.78 Å². The van der Waals surface area contributed by atoms with Gasteiger partial charge in [-0.1, -0.05) is 30.3 Å². The summed E-state index contributed by atoms with van der Waals surface area (Å²) < 4.78 is 12.2. The van der Waals surface area contributed by atoms with Crippen LogP contribution in [-0.4, -0.2) is 48.5 Å². The molecule has 2 amide bonds. The van der Waals surface area contributed by atoms with Crippen molar-refractivity contribution in [1.82, 2.24) is 15.1 Å². The number of ether oxygens (including phenoxy) is 2. The molecule has 0 spiro atoms. The number of hydrogen-bond donors (Lipinski definition) is 1. The zero-order valence-corrected chi connectivity index (χ0v) is 16.7. The van der Waals surface area contributed by atoms with E-state index in [1.165, 1.54) is 9.58 Å². The van der Waals surface area contributed by atoms with Gasteiger partial charge in [-0.15, -0.1) is 0 Å². The molecular weight excluding hydrogens is 384 g/mol. The number of aromatic nitrogens is 2. The molecule has 30 heavy (non-hydrogen) atoms. The maximum atomic E-state index is 12.9. The van der Waals surface area contributed by atoms with Gasteiger partial charge in [0.15, 0.2) is 0 Å². The van der Waals surface area contributed by atoms with Gasteiger partial charge in [0, 0.05) is 25.7 Å². The van der Waals surface area contributed by atoms with Gasteiger partial charge in [-0.05, 0) is 23.3 Å². The number of nitrogens with one attached hydrogen (secondary N) is 1. The molecule has 1 atom stereocenters. The number of hydrogen-bond acceptors (Lipinski definition) is 5. The highest BCUT2D eigenvalue weighted by Gasteiger charge is 2.31. The lowest BCUT2D eigenvalue weighted by atomic mass is 10.1. The molecule has 4 rings (SSSR count). The number of anilines is 1. The Bertz CT molecular complexity index is 1060. The first kappa shape index (κ1) is 19.5. The largest absolute Gasteiger partial charge is 0.497 e. The van der Waals surface area contributed by atoms with Gasteiger partial charge < -0.3 is 19.7 Å². The first-order valence-corrected chi connectivity index (χ1v) is 9.52. The van der Waals surface area contributed by atoms with Crippen LogP contribution in [0.2, 0.25) is 0 Å². The summed E-state index contributed by atoms with van der Waals surface area (Å²) in [6.45, 7) is 0.0202. The summed E-state index contributed by atoms with van der Waals surface area (Å²) in [7, 11) is 3.20. The first-order chi connectivity index (χ1) is 14.5. The normalized spacial score (nSPS) is 15.7. The van der Waals surface area contributed by atoms with Crippen LogP contribution in [0.1, 0.15) is 11.1 Å². The molecule has 8 heteroatoms. The van der Waals surface area contributed by atoms with Crippen LogP contribution >= 0.6 is 0 Å². The molecule has 0 saturated heterocycles. The zero-order valence-electron chi connectivity index (χ0n) is 16.7. The van der Waals surface area contributed by atoms with Crippen LogP contribution in [-0.2, 0) is 11.2 Å². The van der Waals surface area contributed by atoms with Crippen LogP contribution in [0.5, 0.6) is 11.5 Å². The van der Waals surface area contributed by atoms with Gasteiger partial charge in [-0.25, -0.2) is 4.79 Å². The number of likely N-dealkylation sites (N-methyl/N-ethyl adjacent to an activating group) is 1. The minimum absolute atomic E-state index is 0.0202. The van der Waals surface area contributed by atoms with Gasteiger partial charge in [0.25, 0.3) is 5.91 Å². The summed E-state index contributed by atoms with van der Waals surface area (Å²) in [6.07, 6.45) is 3.97. The van der Waals surface area contributed by atoms with E-state index in [-0.39, 0.29) is 12.5 Å². The molecule has 1 aliphatic heterocycles. The minimum Gasteiger partial charge on any atom is -0.497 e. The number of methoxy groups -OCH3 is 1. The summed E-state index contributed by atoms with van der Waals surface area (Å²) in [5.74, 6) is 0.877. The third-order valence-electron chi connectivity index (χ3n) is 4.95. The molecule has 0 bridgehead atoms. The average molecular weight is 406 g/mol. The lowest BCUT2D eigenvalue weighted by molar-refractivity contribution is -0.120. The van der Waals surface area contributed by atoms with Crippen molar-refractivity contribution in [1.29, 1.82) is 0 Å². The molecule has 0 saturated carbocycles. The topological polar surface area (TPSA) is 85.7 Å². The number of benzene rings is 2. The highest BCUT2D eigenvalue weighted by Crippen LogP contribution is 2.34. The first-order valence-electron chi connectivity index (χ1n) is 9.52. The lowest BCUT2D eigenvalue weighted by Crippen LogP contribution is -2.50. The standard InChI is InChI=1S/C22H22N4O4/c1-25-19-11-17(29-2)8-9-20(19)30-14-18(21(25)27)24-22(28)26-13-16(12-23-26)10-15-6-4-3-5-7-15/h3-9,11-13,18H,10,14H2,1-2H3,(H,24,28)/t18-/m0/s1. The molecule has 0 fully saturated rings. The second kappa shape index (κ2) is 8.28. The number of carbonyl (C=O) groups is 2. The number of rotatable bonds is 4. The Labute approximate surface area is 174 Å². The monoisotopic (exact) mass is 406 g/mol. The predicted octanol–water partition coefficient (Wildman–Crippen LogP) is 2.46. The Kier molecular flexibility index (Phi) is 5.38. The maximum absolute atomic E-state index is 12.9. The second-order valence-corrected chi connectivity index (χ2v) is 7.00. The molecule has 0 radical (unpaired) electrons. The smallest absolute Gasteiger partial charge is 0.342 e. The summed E-state index contributed by atoms with van der Waals surface area (Å²) in [6, 6.07) is 13.8. The Hall–Kier alpha value is -3.81. The Morgan fingerprint density at radius 3 is 2.80 bits per heavy atom. The molecule has 1 N–H and O–H groups in total. The third kappa shape index (κ3) is 3.98. The number of nitrogens with zero attached hydrogens (tertiary/aromatic N) is 3. The van der Waals surface area contributed by atoms with Crippen LogP contribution in [0.15, 0.2) is 60.9 Å². The Balaban J connectivity index is 1.45. The summed E-state index contributed by atoms with van der Waals surface area (Å²) >= 11 is 0. The molecule has 0 unspecified atom stereocenters. The molecule has 2 aromatic carbocycles. The number of carbonyl (C=O) groups excluding carboxylic acids is 2. The van der Waals surface area contributed by atoms with E-state index < -0.39 is 12.1 Å². The lowest BCUT2D eigenvalue weighted by Gasteiger charge is -2.20. The SMILES string of the molecule is COc1ccc2c(c1)N(C)C(=O)[C@@H](NC(=O)n1cc(Cc3ccccc3)cn1)CO2. The van der Waals surface area contributed by atoms with Crippen molar-refractivity contribution < 1.29 is 19.1 Å². The van der Waals surface area contributed by atoms with Crippen molar-refractivity contribution in [3.63, 3.8) is 0 Å². The van der Waals surface area contributed by atoms with Gasteiger partial charge in [0.1, 0.15) is 24.1 Å². The van der Waals surface area contributed by atoms with E-state index in [2.05, 4.69) is 10.4 Å². The second-order valence-electron chi connectivity index (χ2n) is 7.00. The van der Waals surface area contributed by atoms with E-state index in [0.29, 0.717) is 23.6 Å². The average Bonchev–Trinajstić information content (AvgIpc) is 3.20. The van der Waals surface area contributed by atoms with E-state index in [1.807, 2.05) is 30.3 Å². The van der Waals surface area contributed by atoms with Gasteiger partial charge in [0.05, 0.1) is 19.0 Å². The number of fused-ring (bicyclic) bond motifs is 1. The quantitative estimate of drug-likeness (QED) is 0.719. The van der Waals surface area contributed by atoms with Crippen molar-refractivity contribution in [2.75, 3.05) is 25.7 Å². The molecular formula is C22H22N4O4. The van der Waals surface area contributed by atoms with Crippen molar-refractivity contribution in [3.05, 3.63) is 72.1 Å². The summed E-state index contributed by atoms with van der Waals surface area (Å²) in [5.41, 5.74) is 2.61. The highest BCUT2D eigenvalue weighted by atomic mass is 16.5. The Morgan fingerprint density at radius 1 is 1.23 bits per heavy atom. The van der Waals surface area contributed by atoms with E-state index in [9.17, 15) is 9.59 Å². The van der Waals surface area contributed by atoms with Crippen molar-refractivity contribution in [2.24, 2.45) is 0 Å². The van der Waals surface area contributed by atoms with Crippen LogP contribution in [0, 0.1) is 0 Å². The van der Waals surface area contributed by atoms with E-state index in [4.69, 9.17) is 9.47 Å². The fraction of sp³-hybridized carbons (Fsp3) is 0.227. The molecule has 0 aliphatic carbocycles. The fourth-order valence-electron chi connectivity index (χ4n) is 3.32. The molecule has 8 nitrogen and oxygen atoms in total. The van der Waals surface area contributed by atoms with Crippen LogP contribution in [0.4, 0.5) is 10.5 Å². The van der Waals surface area contributed by atoms with Crippen molar-refractivity contribution in [3.8, 4) is 11.5 Å². The van der Waals surface area contributed by atoms with Gasteiger partial charge >= 0.3 is 6.03 Å². The fourth-order valence-corrected chi connectivity index (χ4v) is 3.32. The molecule has 1 aliphatic rings. The van der Waals surface area contributed by atoms with Crippen molar-refractivity contribution >= 4 is 17.6 Å². The van der Waals surface area contributed by atoms with E-state index in [0.717, 1.165) is 11.1 Å². The Morgan fingerprint density at radius 2 is 2.03 bits per heavy atom.